The van der Waals surface area contributed by atoms with Crippen LogP contribution in [0.1, 0.15) is 0 Å². The van der Waals surface area contributed by atoms with Gasteiger partial charge in [0.05, 0.1) is 11.6 Å². The number of hydrogen-bond donors (Lipinski definition) is 3. The van der Waals surface area contributed by atoms with Gasteiger partial charge < -0.3 is 25.0 Å². The smallest absolute Gasteiger partial charge is 0.325 e. The molecule has 2 aliphatic rings. The number of halogens is 2. The lowest BCUT2D eigenvalue weighted by Crippen LogP contribution is -2.65. The minimum atomic E-state index is -0.940. The minimum absolute atomic E-state index is 0.0530. The second-order valence-corrected chi connectivity index (χ2v) is 7.02. The standard InChI is InChI=1S/C16H19Cl2N5O4/c1-19-15-20-13-12(14(25)21-16(26)22(13)2)23(15)6-9(24)7-27-11-4-3-8(17)5-10(11)18/h3-5,9,12-13,24H,6-7H2,1-2H3,(H,19,20)(H,21,25,26). The zero-order valence-electron chi connectivity index (χ0n) is 14.6. The van der Waals surface area contributed by atoms with Crippen LogP contribution in [0.15, 0.2) is 23.2 Å². The predicted molar refractivity (Wildman–Crippen MR) is 100 cm³/mol. The van der Waals surface area contributed by atoms with E-state index in [0.717, 1.165) is 0 Å². The second-order valence-electron chi connectivity index (χ2n) is 6.18. The molecule has 0 aliphatic carbocycles. The van der Waals surface area contributed by atoms with E-state index in [4.69, 9.17) is 27.9 Å². The summed E-state index contributed by atoms with van der Waals surface area (Å²) in [7, 11) is 3.13. The number of rotatable bonds is 5. The molecule has 2 aliphatic heterocycles. The Balaban J connectivity index is 1.67. The normalized spacial score (nSPS) is 24.6. The molecule has 0 bridgehead atoms. The van der Waals surface area contributed by atoms with Crippen LogP contribution in [0.3, 0.4) is 0 Å². The van der Waals surface area contributed by atoms with Crippen LogP contribution < -0.4 is 15.4 Å². The van der Waals surface area contributed by atoms with E-state index in [1.54, 1.807) is 37.2 Å². The van der Waals surface area contributed by atoms with Crippen LogP contribution in [0, 0.1) is 0 Å². The van der Waals surface area contributed by atoms with Crippen molar-refractivity contribution in [2.75, 3.05) is 27.2 Å². The lowest BCUT2D eigenvalue weighted by atomic mass is 10.1. The molecule has 11 heteroatoms. The number of aliphatic hydroxyl groups excluding tert-OH is 1. The number of amides is 3. The number of ether oxygens (including phenoxy) is 1. The van der Waals surface area contributed by atoms with Crippen molar-refractivity contribution in [2.24, 2.45) is 4.99 Å². The number of β-amino-alcohol motifs (C(OH)–C–C–N with tert-alkyl or cyclic N) is 1. The zero-order valence-corrected chi connectivity index (χ0v) is 16.2. The summed E-state index contributed by atoms with van der Waals surface area (Å²) in [4.78, 5) is 31.2. The Labute approximate surface area is 165 Å². The van der Waals surface area contributed by atoms with Gasteiger partial charge in [0.1, 0.15) is 24.6 Å². The summed E-state index contributed by atoms with van der Waals surface area (Å²) < 4.78 is 5.54. The Morgan fingerprint density at radius 3 is 2.78 bits per heavy atom. The average molecular weight is 416 g/mol. The number of nitrogens with zero attached hydrogens (tertiary/aromatic N) is 3. The van der Waals surface area contributed by atoms with Gasteiger partial charge in [-0.25, -0.2) is 4.79 Å². The molecule has 2 heterocycles. The number of aliphatic hydroxyl groups is 1. The lowest BCUT2D eigenvalue weighted by Gasteiger charge is -2.35. The van der Waals surface area contributed by atoms with E-state index in [1.807, 2.05) is 0 Å². The molecule has 27 heavy (non-hydrogen) atoms. The van der Waals surface area contributed by atoms with Crippen LogP contribution in [-0.2, 0) is 4.79 Å². The van der Waals surface area contributed by atoms with Crippen molar-refractivity contribution in [3.8, 4) is 5.75 Å². The van der Waals surface area contributed by atoms with Gasteiger partial charge in [-0.05, 0) is 18.2 Å². The Kier molecular flexibility index (Phi) is 5.64. The Morgan fingerprint density at radius 2 is 2.11 bits per heavy atom. The van der Waals surface area contributed by atoms with Crippen LogP contribution >= 0.6 is 23.2 Å². The van der Waals surface area contributed by atoms with Gasteiger partial charge in [0.2, 0.25) is 0 Å². The van der Waals surface area contributed by atoms with Crippen molar-refractivity contribution in [3.63, 3.8) is 0 Å². The number of urea groups is 1. The summed E-state index contributed by atoms with van der Waals surface area (Å²) in [6.45, 7) is 0.0180. The molecule has 0 aromatic heterocycles. The molecule has 2 fully saturated rings. The summed E-state index contributed by atoms with van der Waals surface area (Å²) >= 11 is 11.9. The molecule has 3 unspecified atom stereocenters. The van der Waals surface area contributed by atoms with Crippen LogP contribution in [0.25, 0.3) is 0 Å². The first kappa shape index (κ1) is 19.5. The number of fused-ring (bicyclic) bond motifs is 1. The largest absolute Gasteiger partial charge is 0.489 e. The predicted octanol–water partition coefficient (Wildman–Crippen LogP) is 0.500. The molecule has 1 aromatic carbocycles. The fraction of sp³-hybridized carbons (Fsp3) is 0.438. The molecule has 0 saturated carbocycles. The molecule has 1 aromatic rings. The number of aliphatic imine (C=N–C) groups is 1. The Bertz CT molecular complexity index is 790. The van der Waals surface area contributed by atoms with Crippen molar-refractivity contribution >= 4 is 41.1 Å². The molecule has 0 spiro atoms. The molecule has 2 saturated heterocycles. The fourth-order valence-corrected chi connectivity index (χ4v) is 3.50. The Morgan fingerprint density at radius 1 is 1.37 bits per heavy atom. The van der Waals surface area contributed by atoms with Crippen molar-refractivity contribution in [1.29, 1.82) is 0 Å². The SMILES string of the molecule is CN=C1NC2C(C(=O)NC(=O)N2C)N1CC(O)COc1ccc(Cl)cc1Cl. The van der Waals surface area contributed by atoms with Gasteiger partial charge >= 0.3 is 6.03 Å². The summed E-state index contributed by atoms with van der Waals surface area (Å²) in [5.41, 5.74) is 0. The summed E-state index contributed by atoms with van der Waals surface area (Å²) in [5.74, 6) is 0.344. The van der Waals surface area contributed by atoms with E-state index in [1.165, 1.54) is 4.90 Å². The van der Waals surface area contributed by atoms with Gasteiger partial charge in [-0.2, -0.15) is 0 Å². The van der Waals surface area contributed by atoms with Crippen LogP contribution in [-0.4, -0.2) is 78.4 Å². The van der Waals surface area contributed by atoms with E-state index in [2.05, 4.69) is 15.6 Å². The molecular formula is C16H19Cl2N5O4. The number of hydrogen-bond acceptors (Lipinski definition) is 5. The third-order valence-electron chi connectivity index (χ3n) is 4.36. The third kappa shape index (κ3) is 3.90. The van der Waals surface area contributed by atoms with E-state index in [9.17, 15) is 14.7 Å². The maximum atomic E-state index is 12.3. The molecule has 0 radical (unpaired) electrons. The lowest BCUT2D eigenvalue weighted by molar-refractivity contribution is -0.127. The van der Waals surface area contributed by atoms with Crippen LogP contribution in [0.5, 0.6) is 5.75 Å². The molecule has 3 rings (SSSR count). The van der Waals surface area contributed by atoms with Crippen molar-refractivity contribution in [2.45, 2.75) is 18.3 Å². The van der Waals surface area contributed by atoms with Gasteiger partial charge in [-0.15, -0.1) is 0 Å². The van der Waals surface area contributed by atoms with Gasteiger partial charge in [0.15, 0.2) is 12.0 Å². The number of nitrogens with one attached hydrogen (secondary N) is 2. The van der Waals surface area contributed by atoms with Gasteiger partial charge in [-0.1, -0.05) is 23.2 Å². The highest BCUT2D eigenvalue weighted by atomic mass is 35.5. The number of carbonyl (C=O) groups is 2. The van der Waals surface area contributed by atoms with Crippen LogP contribution in [0.4, 0.5) is 4.79 Å². The van der Waals surface area contributed by atoms with Gasteiger partial charge in [0.25, 0.3) is 5.91 Å². The Hall–Kier alpha value is -2.23. The van der Waals surface area contributed by atoms with E-state index >= 15 is 0 Å². The zero-order chi connectivity index (χ0) is 19.7. The highest BCUT2D eigenvalue weighted by Gasteiger charge is 2.49. The van der Waals surface area contributed by atoms with Crippen LogP contribution in [0.2, 0.25) is 10.0 Å². The number of imide groups is 1. The molecule has 3 amide bonds. The third-order valence-corrected chi connectivity index (χ3v) is 4.90. The van der Waals surface area contributed by atoms with Crippen molar-refractivity contribution < 1.29 is 19.4 Å². The average Bonchev–Trinajstić information content (AvgIpc) is 2.98. The molecular weight excluding hydrogens is 397 g/mol. The summed E-state index contributed by atoms with van der Waals surface area (Å²) in [5, 5.41) is 16.5. The van der Waals surface area contributed by atoms with E-state index in [-0.39, 0.29) is 13.2 Å². The highest BCUT2D eigenvalue weighted by Crippen LogP contribution is 2.27. The highest BCUT2D eigenvalue weighted by molar-refractivity contribution is 6.35. The van der Waals surface area contributed by atoms with Gasteiger partial charge in [-0.3, -0.25) is 15.1 Å². The molecule has 3 N–H and O–H groups in total. The first-order chi connectivity index (χ1) is 12.8. The number of carbonyl (C=O) groups excluding carboxylic acids is 2. The molecule has 3 atom stereocenters. The number of benzene rings is 1. The maximum absolute atomic E-state index is 12.3. The number of likely N-dealkylation sites (N-methyl/N-ethyl adjacent to an activating group) is 1. The van der Waals surface area contributed by atoms with E-state index < -0.39 is 30.2 Å². The van der Waals surface area contributed by atoms with Gasteiger partial charge in [0, 0.05) is 19.1 Å². The summed E-state index contributed by atoms with van der Waals surface area (Å²) in [6, 6.07) is 3.58. The summed E-state index contributed by atoms with van der Waals surface area (Å²) in [6.07, 6.45) is -1.51. The monoisotopic (exact) mass is 415 g/mol. The first-order valence-corrected chi connectivity index (χ1v) is 8.91. The number of guanidine groups is 1. The van der Waals surface area contributed by atoms with Crippen molar-refractivity contribution in [1.82, 2.24) is 20.4 Å². The quantitative estimate of drug-likeness (QED) is 0.646. The minimum Gasteiger partial charge on any atom is -0.489 e. The molecule has 146 valence electrons. The fourth-order valence-electron chi connectivity index (χ4n) is 3.03. The first-order valence-electron chi connectivity index (χ1n) is 8.15. The van der Waals surface area contributed by atoms with E-state index in [0.29, 0.717) is 21.8 Å². The second kappa shape index (κ2) is 7.79. The topological polar surface area (TPSA) is 106 Å². The molecule has 9 nitrogen and oxygen atoms in total. The van der Waals surface area contributed by atoms with Crippen molar-refractivity contribution in [3.05, 3.63) is 28.2 Å². The maximum Gasteiger partial charge on any atom is 0.325 e.